The molecule has 0 aliphatic carbocycles. The minimum Gasteiger partial charge on any atom is -0.466 e. The highest BCUT2D eigenvalue weighted by molar-refractivity contribution is 7.86. The Balaban J connectivity index is 4.26. The summed E-state index contributed by atoms with van der Waals surface area (Å²) in [6, 6.07) is 0. The Kier molecular flexibility index (Phi) is 8.01. The van der Waals surface area contributed by atoms with Crippen LogP contribution in [0.2, 0.25) is 0 Å². The molecule has 0 aromatic rings. The van der Waals surface area contributed by atoms with Crippen molar-refractivity contribution < 1.29 is 26.9 Å². The third-order valence-corrected chi connectivity index (χ3v) is 2.48. The third-order valence-electron chi connectivity index (χ3n) is 1.90. The van der Waals surface area contributed by atoms with E-state index in [0.29, 0.717) is 0 Å². The molecule has 1 atom stereocenters. The Morgan fingerprint density at radius 2 is 2.05 bits per heavy atom. The molecule has 0 aromatic heterocycles. The number of rotatable bonds is 9. The molecule has 0 aromatic carbocycles. The van der Waals surface area contributed by atoms with Crippen molar-refractivity contribution in [3.63, 3.8) is 0 Å². The number of hydrogen-bond acceptors (Lipinski definition) is 6. The smallest absolute Gasteiger partial charge is 0.307 e. The minimum atomic E-state index is -3.74. The zero-order valence-corrected chi connectivity index (χ0v) is 11.9. The summed E-state index contributed by atoms with van der Waals surface area (Å²) in [5, 5.41) is 2.40. The second-order valence-corrected chi connectivity index (χ2v) is 5.26. The van der Waals surface area contributed by atoms with E-state index in [0.717, 1.165) is 6.26 Å². The average Bonchev–Trinajstić information content (AvgIpc) is 2.27. The largest absolute Gasteiger partial charge is 0.466 e. The highest BCUT2D eigenvalue weighted by Gasteiger charge is 2.22. The van der Waals surface area contributed by atoms with Gasteiger partial charge in [-0.25, -0.2) is 0 Å². The highest BCUT2D eigenvalue weighted by atomic mass is 32.2. The first kappa shape index (κ1) is 17.6. The van der Waals surface area contributed by atoms with Crippen LogP contribution in [-0.2, 0) is 28.6 Å². The van der Waals surface area contributed by atoms with Gasteiger partial charge in [0, 0.05) is 13.0 Å². The third kappa shape index (κ3) is 9.20. The standard InChI is InChI=1S/C11H19NO6S/c1-4-6-9(18-19(3,15)16)11(14)12-8-7-10(13)17-5-2/h4,9H,1,5-8H2,2-3H3,(H,12,14)/t9-/m1/s1. The van der Waals surface area contributed by atoms with E-state index in [1.165, 1.54) is 6.08 Å². The van der Waals surface area contributed by atoms with Crippen LogP contribution in [0.1, 0.15) is 19.8 Å². The molecule has 0 unspecified atom stereocenters. The van der Waals surface area contributed by atoms with E-state index in [-0.39, 0.29) is 26.0 Å². The molecule has 0 bridgehead atoms. The van der Waals surface area contributed by atoms with Crippen LogP contribution in [0.15, 0.2) is 12.7 Å². The summed E-state index contributed by atoms with van der Waals surface area (Å²) >= 11 is 0. The van der Waals surface area contributed by atoms with E-state index in [2.05, 4.69) is 20.8 Å². The lowest BCUT2D eigenvalue weighted by molar-refractivity contribution is -0.143. The molecule has 19 heavy (non-hydrogen) atoms. The molecule has 7 nitrogen and oxygen atoms in total. The molecular formula is C11H19NO6S. The Morgan fingerprint density at radius 3 is 2.53 bits per heavy atom. The first-order valence-corrected chi connectivity index (χ1v) is 7.54. The van der Waals surface area contributed by atoms with Crippen LogP contribution in [0.5, 0.6) is 0 Å². The fourth-order valence-corrected chi connectivity index (χ4v) is 1.78. The second-order valence-electron chi connectivity index (χ2n) is 3.66. The summed E-state index contributed by atoms with van der Waals surface area (Å²) in [6.07, 6.45) is 1.13. The average molecular weight is 293 g/mol. The molecule has 0 aliphatic heterocycles. The molecule has 0 rings (SSSR count). The predicted molar refractivity (Wildman–Crippen MR) is 68.8 cm³/mol. The van der Waals surface area contributed by atoms with E-state index < -0.39 is 28.1 Å². The Hall–Kier alpha value is -1.41. The number of amides is 1. The van der Waals surface area contributed by atoms with Crippen LogP contribution in [0.4, 0.5) is 0 Å². The number of nitrogens with one attached hydrogen (secondary N) is 1. The number of ether oxygens (including phenoxy) is 1. The van der Waals surface area contributed by atoms with Crippen LogP contribution < -0.4 is 5.32 Å². The Morgan fingerprint density at radius 1 is 1.42 bits per heavy atom. The molecule has 1 N–H and O–H groups in total. The Labute approximate surface area is 113 Å². The van der Waals surface area contributed by atoms with E-state index in [1.54, 1.807) is 6.92 Å². The molecule has 0 heterocycles. The maximum atomic E-state index is 11.6. The van der Waals surface area contributed by atoms with Crippen molar-refractivity contribution >= 4 is 22.0 Å². The van der Waals surface area contributed by atoms with Gasteiger partial charge in [-0.3, -0.25) is 13.8 Å². The van der Waals surface area contributed by atoms with E-state index >= 15 is 0 Å². The molecule has 8 heteroatoms. The molecule has 0 saturated carbocycles. The van der Waals surface area contributed by atoms with E-state index in [9.17, 15) is 18.0 Å². The maximum absolute atomic E-state index is 11.6. The highest BCUT2D eigenvalue weighted by Crippen LogP contribution is 2.04. The monoisotopic (exact) mass is 293 g/mol. The summed E-state index contributed by atoms with van der Waals surface area (Å²) in [4.78, 5) is 22.7. The normalized spacial score (nSPS) is 12.5. The zero-order chi connectivity index (χ0) is 14.9. The molecule has 0 spiro atoms. The lowest BCUT2D eigenvalue weighted by atomic mass is 10.2. The lowest BCUT2D eigenvalue weighted by Crippen LogP contribution is -2.38. The second kappa shape index (κ2) is 8.65. The predicted octanol–water partition coefficient (Wildman–Crippen LogP) is -0.0233. The van der Waals surface area contributed by atoms with Crippen molar-refractivity contribution in [1.82, 2.24) is 5.32 Å². The van der Waals surface area contributed by atoms with Crippen LogP contribution >= 0.6 is 0 Å². The van der Waals surface area contributed by atoms with Crippen molar-refractivity contribution in [2.45, 2.75) is 25.9 Å². The summed E-state index contributed by atoms with van der Waals surface area (Å²) < 4.78 is 31.3. The van der Waals surface area contributed by atoms with Crippen molar-refractivity contribution in [2.75, 3.05) is 19.4 Å². The van der Waals surface area contributed by atoms with Gasteiger partial charge in [-0.2, -0.15) is 8.42 Å². The van der Waals surface area contributed by atoms with Gasteiger partial charge in [0.25, 0.3) is 16.0 Å². The SMILES string of the molecule is C=CC[C@@H](OS(C)(=O)=O)C(=O)NCCC(=O)OCC. The van der Waals surface area contributed by atoms with Crippen LogP contribution in [-0.4, -0.2) is 45.8 Å². The van der Waals surface area contributed by atoms with Crippen LogP contribution in [0.3, 0.4) is 0 Å². The molecule has 1 amide bonds. The fourth-order valence-electron chi connectivity index (χ4n) is 1.19. The van der Waals surface area contributed by atoms with Gasteiger partial charge in [0.2, 0.25) is 0 Å². The number of carbonyl (C=O) groups is 2. The molecule has 0 saturated heterocycles. The van der Waals surface area contributed by atoms with Crippen molar-refractivity contribution in [3.8, 4) is 0 Å². The quantitative estimate of drug-likeness (QED) is 0.364. The first-order chi connectivity index (χ1) is 8.80. The van der Waals surface area contributed by atoms with E-state index in [4.69, 9.17) is 0 Å². The minimum absolute atomic E-state index is 0.0132. The number of carbonyl (C=O) groups excluding carboxylic acids is 2. The van der Waals surface area contributed by atoms with Crippen LogP contribution in [0.25, 0.3) is 0 Å². The fraction of sp³-hybridized carbons (Fsp3) is 0.636. The topological polar surface area (TPSA) is 98.8 Å². The van der Waals surface area contributed by atoms with Gasteiger partial charge < -0.3 is 10.1 Å². The van der Waals surface area contributed by atoms with Crippen LogP contribution in [0, 0.1) is 0 Å². The van der Waals surface area contributed by atoms with Crippen molar-refractivity contribution in [1.29, 1.82) is 0 Å². The van der Waals surface area contributed by atoms with Crippen molar-refractivity contribution in [2.24, 2.45) is 0 Å². The summed E-state index contributed by atoms with van der Waals surface area (Å²) in [5.41, 5.74) is 0. The van der Waals surface area contributed by atoms with Gasteiger partial charge in [0.1, 0.15) is 0 Å². The number of hydrogen-bond donors (Lipinski definition) is 1. The van der Waals surface area contributed by atoms with E-state index in [1.807, 2.05) is 0 Å². The van der Waals surface area contributed by atoms with Gasteiger partial charge in [-0.15, -0.1) is 6.58 Å². The maximum Gasteiger partial charge on any atom is 0.307 e. The molecule has 110 valence electrons. The summed E-state index contributed by atoms with van der Waals surface area (Å²) in [6.45, 7) is 5.41. The van der Waals surface area contributed by atoms with Gasteiger partial charge in [0.15, 0.2) is 6.10 Å². The first-order valence-electron chi connectivity index (χ1n) is 5.72. The van der Waals surface area contributed by atoms with Gasteiger partial charge >= 0.3 is 5.97 Å². The van der Waals surface area contributed by atoms with Gasteiger partial charge in [-0.1, -0.05) is 6.08 Å². The van der Waals surface area contributed by atoms with Gasteiger partial charge in [-0.05, 0) is 6.92 Å². The summed E-state index contributed by atoms with van der Waals surface area (Å²) in [7, 11) is -3.74. The Bertz CT molecular complexity index is 417. The number of esters is 1. The molecule has 0 radical (unpaired) electrons. The van der Waals surface area contributed by atoms with Crippen molar-refractivity contribution in [3.05, 3.63) is 12.7 Å². The van der Waals surface area contributed by atoms with Gasteiger partial charge in [0.05, 0.1) is 19.3 Å². The molecular weight excluding hydrogens is 274 g/mol. The lowest BCUT2D eigenvalue weighted by Gasteiger charge is -2.14. The summed E-state index contributed by atoms with van der Waals surface area (Å²) in [5.74, 6) is -1.05. The molecule has 0 fully saturated rings. The zero-order valence-electron chi connectivity index (χ0n) is 11.0. The molecule has 0 aliphatic rings.